The van der Waals surface area contributed by atoms with Gasteiger partial charge < -0.3 is 0 Å². The summed E-state index contributed by atoms with van der Waals surface area (Å²) in [6.07, 6.45) is 0. The van der Waals surface area contributed by atoms with Crippen LogP contribution in [0, 0.1) is 0 Å². The van der Waals surface area contributed by atoms with Crippen molar-refractivity contribution in [1.82, 2.24) is 0 Å². The largest absolute Gasteiger partial charge is 0 e. The summed E-state index contributed by atoms with van der Waals surface area (Å²) in [7, 11) is 0. The Morgan fingerprint density at radius 1 is 1.25 bits per heavy atom. The van der Waals surface area contributed by atoms with Crippen molar-refractivity contribution in [2.24, 2.45) is 0 Å². The van der Waals surface area contributed by atoms with Crippen molar-refractivity contribution >= 4 is 51.4 Å². The zero-order chi connectivity index (χ0) is 2.71. The molecular weight excluding hydrogens is 261 g/mol. The maximum absolute atomic E-state index is 9.79. The van der Waals surface area contributed by atoms with Gasteiger partial charge in [-0.3, -0.25) is 0 Å². The summed E-state index contributed by atoms with van der Waals surface area (Å²) in [4.78, 5) is 0. The molecule has 21 valence electrons. The van der Waals surface area contributed by atoms with Crippen molar-refractivity contribution in [3.05, 3.63) is 0 Å². The SMILES string of the molecule is [F][W][F].[K]. The summed E-state index contributed by atoms with van der Waals surface area (Å²) in [6.45, 7) is 0. The third kappa shape index (κ3) is 8.89. The second-order valence-electron chi connectivity index (χ2n) is 0.0583. The van der Waals surface area contributed by atoms with Gasteiger partial charge in [-0.1, -0.05) is 0 Å². The Kier molecular flexibility index (Phi) is 21.2. The topological polar surface area (TPSA) is 0 Å². The van der Waals surface area contributed by atoms with Crippen molar-refractivity contribution < 1.29 is 25.9 Å². The van der Waals surface area contributed by atoms with Gasteiger partial charge in [0.2, 0.25) is 0 Å². The van der Waals surface area contributed by atoms with Gasteiger partial charge in [-0.25, -0.2) is 0 Å². The molecule has 0 aromatic carbocycles. The number of halogens is 2. The molecule has 0 aromatic heterocycles. The molecule has 0 aliphatic carbocycles. The molecule has 0 nitrogen and oxygen atoms in total. The Hall–Kier alpha value is 2.18. The van der Waals surface area contributed by atoms with Gasteiger partial charge in [-0.15, -0.1) is 0 Å². The van der Waals surface area contributed by atoms with Crippen LogP contribution in [0.15, 0.2) is 0 Å². The van der Waals surface area contributed by atoms with Crippen molar-refractivity contribution in [3.63, 3.8) is 0 Å². The average molecular weight is 261 g/mol. The van der Waals surface area contributed by atoms with Crippen LogP contribution in [0.1, 0.15) is 0 Å². The van der Waals surface area contributed by atoms with E-state index in [0.717, 1.165) is 0 Å². The maximum Gasteiger partial charge on any atom is 0 e. The molecule has 0 spiro atoms. The third-order valence-electron chi connectivity index (χ3n) is 0. The Balaban J connectivity index is 0. The first-order valence-corrected chi connectivity index (χ1v) is 2.53. The van der Waals surface area contributed by atoms with Crippen LogP contribution in [0.2, 0.25) is 0 Å². The quantitative estimate of drug-likeness (QED) is 0.555. The molecule has 0 saturated heterocycles. The molecule has 0 rings (SSSR count). The Bertz CT molecular complexity index is 6.00. The van der Waals surface area contributed by atoms with Crippen LogP contribution in [0.5, 0.6) is 0 Å². The molecule has 0 aromatic rings. The van der Waals surface area contributed by atoms with Gasteiger partial charge in [-0.2, -0.15) is 0 Å². The van der Waals surface area contributed by atoms with Crippen molar-refractivity contribution in [2.45, 2.75) is 0 Å². The first-order chi connectivity index (χ1) is 1.41. The molecule has 0 bridgehead atoms. The van der Waals surface area contributed by atoms with E-state index in [4.69, 9.17) is 0 Å². The van der Waals surface area contributed by atoms with E-state index in [0.29, 0.717) is 0 Å². The van der Waals surface area contributed by atoms with E-state index in [1.165, 1.54) is 0 Å². The molecular formula is F2KW. The summed E-state index contributed by atoms with van der Waals surface area (Å²) in [5, 5.41) is 0. The second-order valence-corrected chi connectivity index (χ2v) is 0.477. The molecule has 0 fully saturated rings. The predicted molar refractivity (Wildman–Crippen MR) is 7.97 cm³/mol. The summed E-state index contributed by atoms with van der Waals surface area (Å²) in [5.41, 5.74) is 0. The minimum atomic E-state index is -2.75. The van der Waals surface area contributed by atoms with E-state index in [1.807, 2.05) is 0 Å². The third-order valence-corrected chi connectivity index (χ3v) is 0. The predicted octanol–water partition coefficient (Wildman–Crippen LogP) is 0.457. The molecule has 0 amide bonds. The van der Waals surface area contributed by atoms with Crippen LogP contribution in [-0.2, 0) is 19.6 Å². The average Bonchev–Trinajstić information content (AvgIpc) is 0.918. The smallest absolute Gasteiger partial charge is 0 e. The monoisotopic (exact) mass is 261 g/mol. The minimum absolute atomic E-state index is 0. The van der Waals surface area contributed by atoms with Gasteiger partial charge in [0, 0.05) is 51.4 Å². The molecule has 0 aliphatic rings. The van der Waals surface area contributed by atoms with Crippen LogP contribution in [0.3, 0.4) is 0 Å². The molecule has 0 saturated carbocycles. The first-order valence-electron chi connectivity index (χ1n) is 0.309. The van der Waals surface area contributed by atoms with Gasteiger partial charge in [0.1, 0.15) is 0 Å². The summed E-state index contributed by atoms with van der Waals surface area (Å²) in [5.74, 6) is 0. The van der Waals surface area contributed by atoms with Gasteiger partial charge in [0.25, 0.3) is 0 Å². The van der Waals surface area contributed by atoms with Gasteiger partial charge in [-0.05, 0) is 0 Å². The summed E-state index contributed by atoms with van der Waals surface area (Å²) in [6, 6.07) is 0. The first kappa shape index (κ1) is 9.49. The molecule has 4 heavy (non-hydrogen) atoms. The van der Waals surface area contributed by atoms with Crippen molar-refractivity contribution in [2.75, 3.05) is 0 Å². The molecule has 0 unspecified atom stereocenters. The molecule has 0 atom stereocenters. The van der Waals surface area contributed by atoms with Crippen LogP contribution < -0.4 is 0 Å². The Morgan fingerprint density at radius 2 is 1.25 bits per heavy atom. The zero-order valence-electron chi connectivity index (χ0n) is 2.16. The van der Waals surface area contributed by atoms with Crippen LogP contribution in [0.25, 0.3) is 0 Å². The molecule has 0 aliphatic heterocycles. The van der Waals surface area contributed by atoms with Gasteiger partial charge in [0.15, 0.2) is 0 Å². The normalized spacial score (nSPS) is 4.50. The molecule has 4 heteroatoms. The van der Waals surface area contributed by atoms with E-state index < -0.39 is 19.6 Å². The van der Waals surface area contributed by atoms with E-state index in [1.54, 1.807) is 0 Å². The molecule has 1 radical (unpaired) electrons. The number of hydrogen-bond acceptors (Lipinski definition) is 0. The van der Waals surface area contributed by atoms with Crippen molar-refractivity contribution in [1.29, 1.82) is 0 Å². The minimum Gasteiger partial charge on any atom is 0 e. The molecule has 0 heterocycles. The van der Waals surface area contributed by atoms with E-state index in [9.17, 15) is 6.32 Å². The summed E-state index contributed by atoms with van der Waals surface area (Å²) < 4.78 is 19.6. The maximum atomic E-state index is 9.79. The summed E-state index contributed by atoms with van der Waals surface area (Å²) >= 11 is -2.75. The standard InChI is InChI=1S/2FH.K.W/h2*1H;;/q;;;+2/p-2. The van der Waals surface area contributed by atoms with E-state index in [2.05, 4.69) is 0 Å². The zero-order valence-corrected chi connectivity index (χ0v) is 8.22. The fourth-order valence-electron chi connectivity index (χ4n) is 0. The van der Waals surface area contributed by atoms with E-state index >= 15 is 0 Å². The fraction of sp³-hybridized carbons (Fsp3) is 0. The van der Waals surface area contributed by atoms with Crippen LogP contribution in [0.4, 0.5) is 6.32 Å². The van der Waals surface area contributed by atoms with E-state index in [-0.39, 0.29) is 51.4 Å². The second kappa shape index (κ2) is 8.95. The Morgan fingerprint density at radius 3 is 1.25 bits per heavy atom. The number of hydrogen-bond donors (Lipinski definition) is 0. The fourth-order valence-corrected chi connectivity index (χ4v) is 0. The van der Waals surface area contributed by atoms with Gasteiger partial charge >= 0.3 is 25.9 Å². The van der Waals surface area contributed by atoms with Crippen LogP contribution in [-0.4, -0.2) is 51.4 Å². The number of rotatable bonds is 0. The van der Waals surface area contributed by atoms with Crippen LogP contribution >= 0.6 is 0 Å². The molecule has 0 N–H and O–H groups in total. The van der Waals surface area contributed by atoms with Gasteiger partial charge in [0.05, 0.1) is 0 Å². The Labute approximate surface area is 75.6 Å². The van der Waals surface area contributed by atoms with Crippen molar-refractivity contribution in [3.8, 4) is 0 Å².